The quantitative estimate of drug-likeness (QED) is 0.202. The molecule has 1 aromatic heterocycles. The number of ether oxygens (including phenoxy) is 1. The number of anilines is 1. The average molecular weight is 579 g/mol. The van der Waals surface area contributed by atoms with Crippen LogP contribution in [-0.4, -0.2) is 39.9 Å². The second-order valence-corrected chi connectivity index (χ2v) is 10.5. The third kappa shape index (κ3) is 6.70. The van der Waals surface area contributed by atoms with Crippen LogP contribution in [0.4, 0.5) is 5.95 Å². The highest BCUT2D eigenvalue weighted by atomic mass is 35.5. The first-order chi connectivity index (χ1) is 20.3. The van der Waals surface area contributed by atoms with Crippen LogP contribution in [0.25, 0.3) is 16.9 Å². The molecule has 0 aliphatic rings. The van der Waals surface area contributed by atoms with Gasteiger partial charge in [0, 0.05) is 34.6 Å². The molecule has 5 aromatic rings. The van der Waals surface area contributed by atoms with Crippen LogP contribution in [0.3, 0.4) is 0 Å². The molecule has 7 nitrogen and oxygen atoms in total. The van der Waals surface area contributed by atoms with Gasteiger partial charge in [-0.2, -0.15) is 0 Å². The van der Waals surface area contributed by atoms with Crippen molar-refractivity contribution in [2.75, 3.05) is 19.0 Å². The lowest BCUT2D eigenvalue weighted by atomic mass is 10.1. The molecular formula is C34H31ClN4O3. The Labute approximate surface area is 250 Å². The van der Waals surface area contributed by atoms with E-state index in [-0.39, 0.29) is 24.9 Å². The third-order valence-electron chi connectivity index (χ3n) is 7.04. The Morgan fingerprint density at radius 2 is 1.62 bits per heavy atom. The Kier molecular flexibility index (Phi) is 8.69. The summed E-state index contributed by atoms with van der Waals surface area (Å²) < 4.78 is 7.08. The van der Waals surface area contributed by atoms with Crippen LogP contribution in [0.1, 0.15) is 27.0 Å². The summed E-state index contributed by atoms with van der Waals surface area (Å²) in [5.41, 5.74) is 6.04. The standard InChI is InChI=1S/C34H31ClN4O3/c1-23-9-16-29(19-24(23)2)39-21-31(26-10-14-28(35)15-11-26)36-34(39)37-32(40)22-38(20-25-7-5-4-6-8-25)33(41)27-12-17-30(42-3)18-13-27/h4-19,21H,20,22H2,1-3H3,(H,36,37,40). The molecule has 8 heteroatoms. The fourth-order valence-corrected chi connectivity index (χ4v) is 4.68. The second-order valence-electron chi connectivity index (χ2n) is 10.0. The van der Waals surface area contributed by atoms with Gasteiger partial charge >= 0.3 is 0 Å². The summed E-state index contributed by atoms with van der Waals surface area (Å²) in [5, 5.41) is 3.58. The Morgan fingerprint density at radius 1 is 0.905 bits per heavy atom. The van der Waals surface area contributed by atoms with Gasteiger partial charge in [-0.15, -0.1) is 0 Å². The number of nitrogens with zero attached hydrogens (tertiary/aromatic N) is 3. The summed E-state index contributed by atoms with van der Waals surface area (Å²) in [6.07, 6.45) is 1.88. The van der Waals surface area contributed by atoms with Crippen LogP contribution in [0, 0.1) is 13.8 Å². The molecule has 0 fully saturated rings. The summed E-state index contributed by atoms with van der Waals surface area (Å²) in [7, 11) is 1.57. The molecule has 0 spiro atoms. The van der Waals surface area contributed by atoms with Crippen molar-refractivity contribution in [2.24, 2.45) is 0 Å². The Bertz CT molecular complexity index is 1700. The number of rotatable bonds is 9. The maximum Gasteiger partial charge on any atom is 0.254 e. The first kappa shape index (κ1) is 28.6. The highest BCUT2D eigenvalue weighted by Crippen LogP contribution is 2.27. The summed E-state index contributed by atoms with van der Waals surface area (Å²) in [5.74, 6) is 0.362. The van der Waals surface area contributed by atoms with Crippen molar-refractivity contribution >= 4 is 29.4 Å². The van der Waals surface area contributed by atoms with E-state index in [0.29, 0.717) is 28.0 Å². The SMILES string of the molecule is COc1ccc(C(=O)N(CC(=O)Nc2nc(-c3ccc(Cl)cc3)cn2-c2ccc(C)c(C)c2)Cc2ccccc2)cc1. The molecular weight excluding hydrogens is 548 g/mol. The topological polar surface area (TPSA) is 76.5 Å². The van der Waals surface area contributed by atoms with Crippen LogP contribution in [-0.2, 0) is 11.3 Å². The lowest BCUT2D eigenvalue weighted by Gasteiger charge is -2.23. The monoisotopic (exact) mass is 578 g/mol. The Hall–Kier alpha value is -4.88. The van der Waals surface area contributed by atoms with Crippen LogP contribution in [0.5, 0.6) is 5.75 Å². The van der Waals surface area contributed by atoms with Gasteiger partial charge in [-0.3, -0.25) is 19.5 Å². The Morgan fingerprint density at radius 3 is 2.29 bits per heavy atom. The summed E-state index contributed by atoms with van der Waals surface area (Å²) in [6.45, 7) is 4.19. The summed E-state index contributed by atoms with van der Waals surface area (Å²) in [6, 6.07) is 29.9. The van der Waals surface area contributed by atoms with Crippen molar-refractivity contribution in [3.8, 4) is 22.7 Å². The molecule has 212 valence electrons. The average Bonchev–Trinajstić information content (AvgIpc) is 3.42. The van der Waals surface area contributed by atoms with Gasteiger partial charge in [0.05, 0.1) is 12.8 Å². The van der Waals surface area contributed by atoms with E-state index in [0.717, 1.165) is 27.9 Å². The molecule has 0 saturated heterocycles. The molecule has 0 atom stereocenters. The molecule has 0 radical (unpaired) electrons. The number of methoxy groups -OCH3 is 1. The maximum absolute atomic E-state index is 13.6. The zero-order valence-corrected chi connectivity index (χ0v) is 24.4. The van der Waals surface area contributed by atoms with Gasteiger partial charge < -0.3 is 9.64 Å². The highest BCUT2D eigenvalue weighted by Gasteiger charge is 2.22. The zero-order valence-electron chi connectivity index (χ0n) is 23.7. The van der Waals surface area contributed by atoms with Crippen molar-refractivity contribution in [3.63, 3.8) is 0 Å². The number of carbonyl (C=O) groups is 2. The number of benzene rings is 4. The minimum absolute atomic E-state index is 0.171. The van der Waals surface area contributed by atoms with E-state index in [9.17, 15) is 9.59 Å². The molecule has 0 aliphatic carbocycles. The molecule has 1 N–H and O–H groups in total. The number of hydrogen-bond acceptors (Lipinski definition) is 4. The predicted molar refractivity (Wildman–Crippen MR) is 166 cm³/mol. The van der Waals surface area contributed by atoms with Crippen molar-refractivity contribution in [3.05, 3.63) is 131 Å². The molecule has 0 aliphatic heterocycles. The fraction of sp³-hybridized carbons (Fsp3) is 0.147. The van der Waals surface area contributed by atoms with E-state index < -0.39 is 0 Å². The minimum Gasteiger partial charge on any atom is -0.497 e. The van der Waals surface area contributed by atoms with Gasteiger partial charge in [-0.1, -0.05) is 60.1 Å². The van der Waals surface area contributed by atoms with E-state index in [2.05, 4.69) is 12.2 Å². The lowest BCUT2D eigenvalue weighted by Crippen LogP contribution is -2.38. The van der Waals surface area contributed by atoms with Crippen LogP contribution in [0.2, 0.25) is 5.02 Å². The van der Waals surface area contributed by atoms with Gasteiger partial charge in [-0.05, 0) is 79.1 Å². The third-order valence-corrected chi connectivity index (χ3v) is 7.29. The molecule has 0 saturated carbocycles. The first-order valence-corrected chi connectivity index (χ1v) is 13.9. The van der Waals surface area contributed by atoms with Gasteiger partial charge in [0.2, 0.25) is 11.9 Å². The number of aromatic nitrogens is 2. The molecule has 0 unspecified atom stereocenters. The number of carbonyl (C=O) groups excluding carboxylic acids is 2. The van der Waals surface area contributed by atoms with Gasteiger partial charge in [0.1, 0.15) is 12.3 Å². The largest absolute Gasteiger partial charge is 0.497 e. The number of amides is 2. The smallest absolute Gasteiger partial charge is 0.254 e. The fourth-order valence-electron chi connectivity index (χ4n) is 4.56. The van der Waals surface area contributed by atoms with Crippen LogP contribution >= 0.6 is 11.6 Å². The van der Waals surface area contributed by atoms with Gasteiger partial charge in [0.25, 0.3) is 5.91 Å². The van der Waals surface area contributed by atoms with Crippen molar-refractivity contribution in [1.82, 2.24) is 14.5 Å². The number of imidazole rings is 1. The number of nitrogens with one attached hydrogen (secondary N) is 1. The van der Waals surface area contributed by atoms with Crippen LogP contribution < -0.4 is 10.1 Å². The van der Waals surface area contributed by atoms with Crippen LogP contribution in [0.15, 0.2) is 103 Å². The molecule has 42 heavy (non-hydrogen) atoms. The summed E-state index contributed by atoms with van der Waals surface area (Å²) in [4.78, 5) is 33.4. The highest BCUT2D eigenvalue weighted by molar-refractivity contribution is 6.30. The molecule has 0 bridgehead atoms. The van der Waals surface area contributed by atoms with E-state index >= 15 is 0 Å². The summed E-state index contributed by atoms with van der Waals surface area (Å²) >= 11 is 6.10. The molecule has 5 rings (SSSR count). The predicted octanol–water partition coefficient (Wildman–Crippen LogP) is 7.10. The number of hydrogen-bond donors (Lipinski definition) is 1. The normalized spacial score (nSPS) is 10.8. The molecule has 1 heterocycles. The van der Waals surface area contributed by atoms with Gasteiger partial charge in [-0.25, -0.2) is 4.98 Å². The van der Waals surface area contributed by atoms with E-state index in [4.69, 9.17) is 21.3 Å². The Balaban J connectivity index is 1.45. The number of halogens is 1. The van der Waals surface area contributed by atoms with Gasteiger partial charge in [0.15, 0.2) is 0 Å². The molecule has 2 amide bonds. The number of aryl methyl sites for hydroxylation is 2. The van der Waals surface area contributed by atoms with Crippen molar-refractivity contribution < 1.29 is 14.3 Å². The first-order valence-electron chi connectivity index (χ1n) is 13.5. The van der Waals surface area contributed by atoms with E-state index in [1.165, 1.54) is 4.90 Å². The maximum atomic E-state index is 13.6. The molecule has 4 aromatic carbocycles. The minimum atomic E-state index is -0.369. The lowest BCUT2D eigenvalue weighted by molar-refractivity contribution is -0.117. The van der Waals surface area contributed by atoms with Crippen molar-refractivity contribution in [1.29, 1.82) is 0 Å². The second kappa shape index (κ2) is 12.7. The van der Waals surface area contributed by atoms with E-state index in [1.54, 1.807) is 43.5 Å². The zero-order chi connectivity index (χ0) is 29.6. The van der Waals surface area contributed by atoms with E-state index in [1.807, 2.05) is 78.4 Å². The van der Waals surface area contributed by atoms with Crippen molar-refractivity contribution in [2.45, 2.75) is 20.4 Å².